The minimum absolute atomic E-state index is 0.552. The Morgan fingerprint density at radius 3 is 1.47 bits per heavy atom. The zero-order valence-corrected chi connectivity index (χ0v) is 8.04. The van der Waals surface area contributed by atoms with E-state index in [0.717, 1.165) is 6.92 Å². The van der Waals surface area contributed by atoms with E-state index in [2.05, 4.69) is 0 Å². The SMILES string of the molecule is [2H]C1(C)CC(C(F)(F)F)CC(C(F)(F)F)C1. The predicted molar refractivity (Wildman–Crippen MR) is 42.1 cm³/mol. The van der Waals surface area contributed by atoms with Crippen LogP contribution in [-0.4, -0.2) is 12.4 Å². The van der Waals surface area contributed by atoms with E-state index in [1.165, 1.54) is 0 Å². The van der Waals surface area contributed by atoms with Crippen LogP contribution < -0.4 is 0 Å². The summed E-state index contributed by atoms with van der Waals surface area (Å²) in [7, 11) is 0. The molecule has 90 valence electrons. The van der Waals surface area contributed by atoms with Crippen LogP contribution in [0.15, 0.2) is 0 Å². The summed E-state index contributed by atoms with van der Waals surface area (Å²) in [5.41, 5.74) is 0. The van der Waals surface area contributed by atoms with Crippen molar-refractivity contribution < 1.29 is 27.7 Å². The quantitative estimate of drug-likeness (QED) is 0.553. The summed E-state index contributed by atoms with van der Waals surface area (Å²) in [6.07, 6.45) is -11.3. The second-order valence-corrected chi connectivity index (χ2v) is 4.08. The summed E-state index contributed by atoms with van der Waals surface area (Å²) in [5, 5.41) is 0. The number of halogens is 6. The Kier molecular flexibility index (Phi) is 2.85. The standard InChI is InChI=1S/C9H12F6/c1-5-2-6(8(10,11)12)4-7(3-5)9(13,14)15/h5-7H,2-4H2,1H3/i5D. The highest BCUT2D eigenvalue weighted by Gasteiger charge is 2.50. The first-order chi connectivity index (χ1) is 6.92. The van der Waals surface area contributed by atoms with Gasteiger partial charge in [0.2, 0.25) is 0 Å². The molecule has 15 heavy (non-hydrogen) atoms. The summed E-state index contributed by atoms with van der Waals surface area (Å²) in [4.78, 5) is 0. The fourth-order valence-corrected chi connectivity index (χ4v) is 1.93. The van der Waals surface area contributed by atoms with Gasteiger partial charge in [-0.2, -0.15) is 26.3 Å². The van der Waals surface area contributed by atoms with Crippen LogP contribution in [0.3, 0.4) is 0 Å². The first-order valence-corrected chi connectivity index (χ1v) is 4.55. The maximum Gasteiger partial charge on any atom is 0.391 e. The highest BCUT2D eigenvalue weighted by Crippen LogP contribution is 2.47. The van der Waals surface area contributed by atoms with E-state index in [-0.39, 0.29) is 0 Å². The Bertz CT molecular complexity index is 230. The van der Waals surface area contributed by atoms with Gasteiger partial charge in [-0.05, 0) is 25.2 Å². The van der Waals surface area contributed by atoms with E-state index in [9.17, 15) is 26.3 Å². The number of alkyl halides is 6. The molecule has 0 spiro atoms. The van der Waals surface area contributed by atoms with Crippen LogP contribution in [0.4, 0.5) is 26.3 Å². The van der Waals surface area contributed by atoms with Crippen LogP contribution in [0.2, 0.25) is 0 Å². The zero-order valence-electron chi connectivity index (χ0n) is 9.04. The van der Waals surface area contributed by atoms with Crippen LogP contribution in [-0.2, 0) is 0 Å². The Hall–Kier alpha value is -0.420. The Morgan fingerprint density at radius 2 is 1.20 bits per heavy atom. The summed E-state index contributed by atoms with van der Waals surface area (Å²) < 4.78 is 81.8. The monoisotopic (exact) mass is 235 g/mol. The lowest BCUT2D eigenvalue weighted by Crippen LogP contribution is -2.37. The van der Waals surface area contributed by atoms with Gasteiger partial charge in [0.1, 0.15) is 0 Å². The van der Waals surface area contributed by atoms with Crippen molar-refractivity contribution >= 4 is 0 Å². The van der Waals surface area contributed by atoms with Gasteiger partial charge >= 0.3 is 12.4 Å². The molecule has 0 aromatic heterocycles. The van der Waals surface area contributed by atoms with Crippen molar-refractivity contribution in [3.8, 4) is 0 Å². The molecule has 1 saturated carbocycles. The minimum Gasteiger partial charge on any atom is -0.171 e. The maximum absolute atomic E-state index is 12.4. The minimum atomic E-state index is -4.65. The van der Waals surface area contributed by atoms with Crippen LogP contribution in [0, 0.1) is 17.7 Å². The molecule has 0 saturated heterocycles. The summed E-state index contributed by atoms with van der Waals surface area (Å²) in [6.45, 7) is 1.13. The summed E-state index contributed by atoms with van der Waals surface area (Å²) >= 11 is 0. The molecule has 1 aliphatic rings. The lowest BCUT2D eigenvalue weighted by Gasteiger charge is -2.35. The first kappa shape index (κ1) is 11.1. The van der Waals surface area contributed by atoms with Crippen molar-refractivity contribution in [3.63, 3.8) is 0 Å². The number of hydrogen-bond donors (Lipinski definition) is 0. The smallest absolute Gasteiger partial charge is 0.171 e. The average Bonchev–Trinajstić information content (AvgIpc) is 1.97. The molecule has 1 fully saturated rings. The number of rotatable bonds is 0. The molecule has 0 aromatic carbocycles. The van der Waals surface area contributed by atoms with Crippen molar-refractivity contribution in [3.05, 3.63) is 0 Å². The van der Waals surface area contributed by atoms with Crippen molar-refractivity contribution in [2.24, 2.45) is 17.7 Å². The Morgan fingerprint density at radius 1 is 0.867 bits per heavy atom. The summed E-state index contributed by atoms with van der Waals surface area (Å²) in [6, 6.07) is 0. The van der Waals surface area contributed by atoms with Gasteiger partial charge in [-0.3, -0.25) is 0 Å². The highest BCUT2D eigenvalue weighted by atomic mass is 19.4. The third-order valence-corrected chi connectivity index (χ3v) is 2.68. The molecule has 0 heterocycles. The van der Waals surface area contributed by atoms with E-state index >= 15 is 0 Å². The van der Waals surface area contributed by atoms with E-state index in [1.54, 1.807) is 0 Å². The van der Waals surface area contributed by atoms with Crippen molar-refractivity contribution in [1.82, 2.24) is 0 Å². The van der Waals surface area contributed by atoms with Gasteiger partial charge in [-0.1, -0.05) is 6.92 Å². The van der Waals surface area contributed by atoms with Crippen molar-refractivity contribution in [2.45, 2.75) is 38.5 Å². The van der Waals surface area contributed by atoms with Gasteiger partial charge in [-0.25, -0.2) is 0 Å². The largest absolute Gasteiger partial charge is 0.391 e. The normalized spacial score (nSPS) is 40.1. The molecule has 1 rings (SSSR count). The van der Waals surface area contributed by atoms with Crippen molar-refractivity contribution in [2.75, 3.05) is 0 Å². The Balaban J connectivity index is 2.86. The van der Waals surface area contributed by atoms with Crippen LogP contribution >= 0.6 is 0 Å². The fourth-order valence-electron chi connectivity index (χ4n) is 1.93. The topological polar surface area (TPSA) is 0 Å². The van der Waals surface area contributed by atoms with Crippen LogP contribution in [0.5, 0.6) is 0 Å². The van der Waals surface area contributed by atoms with Gasteiger partial charge in [0, 0.05) is 1.37 Å². The molecule has 1 aliphatic carbocycles. The molecule has 6 heteroatoms. The van der Waals surface area contributed by atoms with Crippen LogP contribution in [0.1, 0.15) is 27.6 Å². The fraction of sp³-hybridized carbons (Fsp3) is 1.00. The average molecular weight is 235 g/mol. The molecule has 0 nitrogen and oxygen atoms in total. The molecule has 0 radical (unpaired) electrons. The molecule has 0 aromatic rings. The number of hydrogen-bond acceptors (Lipinski definition) is 0. The lowest BCUT2D eigenvalue weighted by atomic mass is 9.75. The molecule has 0 bridgehead atoms. The van der Waals surface area contributed by atoms with Gasteiger partial charge in [0.25, 0.3) is 0 Å². The maximum atomic E-state index is 12.4. The second-order valence-electron chi connectivity index (χ2n) is 4.08. The molecule has 0 amide bonds. The molecular formula is C9H12F6. The van der Waals surface area contributed by atoms with Gasteiger partial charge < -0.3 is 0 Å². The third kappa shape index (κ3) is 3.28. The first-order valence-electron chi connectivity index (χ1n) is 5.05. The summed E-state index contributed by atoms with van der Waals surface area (Å²) in [5.74, 6) is -5.69. The molecule has 0 N–H and O–H groups in total. The van der Waals surface area contributed by atoms with Gasteiger partial charge in [0.05, 0.1) is 11.8 Å². The molecule has 2 atom stereocenters. The lowest BCUT2D eigenvalue weighted by molar-refractivity contribution is -0.227. The second kappa shape index (κ2) is 3.87. The molecular weight excluding hydrogens is 222 g/mol. The molecule has 2 unspecified atom stereocenters. The zero-order chi connectivity index (χ0) is 12.8. The predicted octanol–water partition coefficient (Wildman–Crippen LogP) is 4.16. The van der Waals surface area contributed by atoms with E-state index in [1.807, 2.05) is 0 Å². The van der Waals surface area contributed by atoms with Gasteiger partial charge in [0.15, 0.2) is 0 Å². The van der Waals surface area contributed by atoms with Crippen molar-refractivity contribution in [1.29, 1.82) is 0 Å². The van der Waals surface area contributed by atoms with E-state index in [4.69, 9.17) is 1.37 Å². The molecule has 0 aliphatic heterocycles. The highest BCUT2D eigenvalue weighted by molar-refractivity contribution is 4.84. The Labute approximate surface area is 85.1 Å². The van der Waals surface area contributed by atoms with Crippen LogP contribution in [0.25, 0.3) is 0 Å². The third-order valence-electron chi connectivity index (χ3n) is 2.68. The van der Waals surface area contributed by atoms with E-state index in [0.29, 0.717) is 0 Å². The van der Waals surface area contributed by atoms with Gasteiger partial charge in [-0.15, -0.1) is 0 Å². The van der Waals surface area contributed by atoms with E-state index < -0.39 is 49.3 Å².